The van der Waals surface area contributed by atoms with Gasteiger partial charge in [-0.15, -0.1) is 0 Å². The van der Waals surface area contributed by atoms with Crippen LogP contribution in [0.1, 0.15) is 80.1 Å². The van der Waals surface area contributed by atoms with Crippen molar-refractivity contribution < 1.29 is 23.8 Å². The van der Waals surface area contributed by atoms with E-state index in [1.807, 2.05) is 26.8 Å². The van der Waals surface area contributed by atoms with Gasteiger partial charge in [-0.3, -0.25) is 9.59 Å². The second-order valence-electron chi connectivity index (χ2n) is 8.96. The maximum Gasteiger partial charge on any atom is 0.303 e. The van der Waals surface area contributed by atoms with Gasteiger partial charge in [-0.2, -0.15) is 4.91 Å². The average Bonchev–Trinajstić information content (AvgIpc) is 2.82. The van der Waals surface area contributed by atoms with Gasteiger partial charge in [0.05, 0.1) is 12.6 Å². The molecule has 1 aliphatic rings. The summed E-state index contributed by atoms with van der Waals surface area (Å²) in [6, 6.07) is -0.238. The zero-order valence-corrected chi connectivity index (χ0v) is 19.9. The predicted molar refractivity (Wildman–Crippen MR) is 121 cm³/mol. The van der Waals surface area contributed by atoms with E-state index in [1.165, 1.54) is 19.4 Å². The van der Waals surface area contributed by atoms with Gasteiger partial charge < -0.3 is 14.2 Å². The van der Waals surface area contributed by atoms with E-state index < -0.39 is 5.60 Å². The van der Waals surface area contributed by atoms with Gasteiger partial charge in [0.25, 0.3) is 0 Å². The van der Waals surface area contributed by atoms with Gasteiger partial charge in [0.2, 0.25) is 0 Å². The molecule has 0 saturated carbocycles. The predicted octanol–water partition coefficient (Wildman–Crippen LogP) is 5.27. The molecule has 0 spiro atoms. The highest BCUT2D eigenvalue weighted by atomic mass is 16.6. The molecule has 31 heavy (non-hydrogen) atoms. The van der Waals surface area contributed by atoms with Crippen molar-refractivity contribution in [3.05, 3.63) is 28.2 Å². The van der Waals surface area contributed by atoms with Crippen LogP contribution in [0.3, 0.4) is 0 Å². The molecule has 7 nitrogen and oxygen atoms in total. The molecule has 0 N–H and O–H groups in total. The molecular formula is C24H39NO6. The van der Waals surface area contributed by atoms with Crippen LogP contribution in [-0.4, -0.2) is 42.9 Å². The number of carbonyl (C=O) groups excluding carboxylic acids is 2. The monoisotopic (exact) mass is 437 g/mol. The van der Waals surface area contributed by atoms with E-state index in [1.54, 1.807) is 0 Å². The molecule has 0 aliphatic carbocycles. The summed E-state index contributed by atoms with van der Waals surface area (Å²) >= 11 is 0. The van der Waals surface area contributed by atoms with Gasteiger partial charge in [-0.25, -0.2) is 0 Å². The summed E-state index contributed by atoms with van der Waals surface area (Å²) in [5, 5.41) is 3.32. The topological polar surface area (TPSA) is 91.3 Å². The smallest absolute Gasteiger partial charge is 0.303 e. The molecule has 1 heterocycles. The first kappa shape index (κ1) is 27.0. The van der Waals surface area contributed by atoms with Crippen molar-refractivity contribution in [1.82, 2.24) is 0 Å². The van der Waals surface area contributed by atoms with Crippen LogP contribution in [0.2, 0.25) is 0 Å². The van der Waals surface area contributed by atoms with Crippen LogP contribution in [-0.2, 0) is 23.8 Å². The fraction of sp³-hybridized carbons (Fsp3) is 0.750. The lowest BCUT2D eigenvalue weighted by Gasteiger charge is -2.35. The van der Waals surface area contributed by atoms with E-state index in [2.05, 4.69) is 18.2 Å². The highest BCUT2D eigenvalue weighted by Crippen LogP contribution is 2.34. The molecule has 1 fully saturated rings. The quantitative estimate of drug-likeness (QED) is 0.248. The van der Waals surface area contributed by atoms with Gasteiger partial charge in [-0.05, 0) is 70.4 Å². The molecule has 0 aromatic rings. The van der Waals surface area contributed by atoms with Crippen LogP contribution >= 0.6 is 0 Å². The Hall–Kier alpha value is -2.02. The second-order valence-corrected chi connectivity index (χ2v) is 8.96. The summed E-state index contributed by atoms with van der Waals surface area (Å²) < 4.78 is 16.9. The van der Waals surface area contributed by atoms with Crippen LogP contribution in [0.4, 0.5) is 0 Å². The van der Waals surface area contributed by atoms with Crippen molar-refractivity contribution in [2.24, 2.45) is 11.1 Å². The lowest BCUT2D eigenvalue weighted by atomic mass is 9.86. The lowest BCUT2D eigenvalue weighted by molar-refractivity contribution is -0.167. The minimum absolute atomic E-state index is 0.161. The van der Waals surface area contributed by atoms with Gasteiger partial charge in [0, 0.05) is 13.8 Å². The van der Waals surface area contributed by atoms with Crippen molar-refractivity contribution in [3.8, 4) is 0 Å². The van der Waals surface area contributed by atoms with E-state index >= 15 is 0 Å². The Bertz CT molecular complexity index is 667. The maximum atomic E-state index is 11.7. The Kier molecular flexibility index (Phi) is 11.7. The maximum absolute atomic E-state index is 11.7. The number of nitroso groups, excluding NO2 is 1. The third-order valence-electron chi connectivity index (χ3n) is 5.86. The molecule has 1 aliphatic heterocycles. The van der Waals surface area contributed by atoms with Crippen LogP contribution in [0, 0.1) is 10.8 Å². The number of nitrogens with zero attached hydrogens (tertiary/aromatic N) is 1. The Labute approximate surface area is 186 Å². The SMILES string of the molecule is CC(=O)OCC=C1CC[C@@H](OC(C)=O)[C@](C)(CCCC(C)C(CC=C(C)C)N=O)OC1. The number of esters is 2. The van der Waals surface area contributed by atoms with Gasteiger partial charge in [0.15, 0.2) is 0 Å². The van der Waals surface area contributed by atoms with Gasteiger partial charge in [0.1, 0.15) is 18.3 Å². The van der Waals surface area contributed by atoms with Crippen LogP contribution in [0.25, 0.3) is 0 Å². The Balaban J connectivity index is 2.75. The second kappa shape index (κ2) is 13.4. The first-order valence-electron chi connectivity index (χ1n) is 11.2. The van der Waals surface area contributed by atoms with Gasteiger partial charge in [-0.1, -0.05) is 30.2 Å². The van der Waals surface area contributed by atoms with Crippen molar-refractivity contribution in [2.75, 3.05) is 13.2 Å². The molecule has 0 aromatic carbocycles. The molecule has 7 heteroatoms. The van der Waals surface area contributed by atoms with E-state index in [4.69, 9.17) is 14.2 Å². The zero-order chi connectivity index (χ0) is 23.4. The molecule has 176 valence electrons. The molecule has 1 saturated heterocycles. The standard InChI is InChI=1S/C24H39NO6/c1-17(2)9-11-22(25-28)18(3)8-7-14-24(6)23(31-20(5)27)12-10-21(16-30-24)13-15-29-19(4)26/h9,13,18,22-23H,7-8,10-12,14-16H2,1-6H3/t18?,22?,23-,24+/m1/s1. The highest BCUT2D eigenvalue weighted by Gasteiger charge is 2.39. The number of hydrogen-bond acceptors (Lipinski definition) is 7. The molecule has 2 unspecified atom stereocenters. The fourth-order valence-corrected chi connectivity index (χ4v) is 3.80. The van der Waals surface area contributed by atoms with Crippen LogP contribution in [0.5, 0.6) is 0 Å². The van der Waals surface area contributed by atoms with Crippen molar-refractivity contribution in [1.29, 1.82) is 0 Å². The minimum Gasteiger partial charge on any atom is -0.462 e. The van der Waals surface area contributed by atoms with Crippen molar-refractivity contribution in [3.63, 3.8) is 0 Å². The number of rotatable bonds is 11. The van der Waals surface area contributed by atoms with E-state index in [-0.39, 0.29) is 36.6 Å². The van der Waals surface area contributed by atoms with Crippen LogP contribution < -0.4 is 0 Å². The summed E-state index contributed by atoms with van der Waals surface area (Å²) in [6.07, 6.45) is 7.97. The molecular weight excluding hydrogens is 398 g/mol. The van der Waals surface area contributed by atoms with Crippen molar-refractivity contribution in [2.45, 2.75) is 97.8 Å². The Morgan fingerprint density at radius 2 is 1.97 bits per heavy atom. The zero-order valence-electron chi connectivity index (χ0n) is 19.9. The molecule has 0 bridgehead atoms. The minimum atomic E-state index is -0.619. The van der Waals surface area contributed by atoms with E-state index in [9.17, 15) is 14.5 Å². The lowest BCUT2D eigenvalue weighted by Crippen LogP contribution is -2.43. The summed E-state index contributed by atoms with van der Waals surface area (Å²) in [4.78, 5) is 33.9. The van der Waals surface area contributed by atoms with E-state index in [0.717, 1.165) is 18.4 Å². The highest BCUT2D eigenvalue weighted by molar-refractivity contribution is 5.66. The number of ether oxygens (including phenoxy) is 3. The first-order chi connectivity index (χ1) is 14.6. The number of allylic oxidation sites excluding steroid dienone is 1. The van der Waals surface area contributed by atoms with Gasteiger partial charge >= 0.3 is 11.9 Å². The normalized spacial score (nSPS) is 24.6. The average molecular weight is 438 g/mol. The fourth-order valence-electron chi connectivity index (χ4n) is 3.80. The number of hydrogen-bond donors (Lipinski definition) is 0. The summed E-state index contributed by atoms with van der Waals surface area (Å²) in [7, 11) is 0. The molecule has 0 aromatic heterocycles. The summed E-state index contributed by atoms with van der Waals surface area (Å²) in [5.41, 5.74) is 1.59. The Morgan fingerprint density at radius 3 is 2.55 bits per heavy atom. The third kappa shape index (κ3) is 10.2. The molecule has 0 radical (unpaired) electrons. The van der Waals surface area contributed by atoms with Crippen LogP contribution in [0.15, 0.2) is 28.5 Å². The molecule has 0 amide bonds. The molecule has 1 rings (SSSR count). The summed E-state index contributed by atoms with van der Waals surface area (Å²) in [5.74, 6) is -0.489. The van der Waals surface area contributed by atoms with E-state index in [0.29, 0.717) is 32.3 Å². The largest absolute Gasteiger partial charge is 0.462 e. The number of carbonyl (C=O) groups is 2. The summed E-state index contributed by atoms with van der Waals surface area (Å²) in [6.45, 7) is 11.5. The Morgan fingerprint density at radius 1 is 1.26 bits per heavy atom. The third-order valence-corrected chi connectivity index (χ3v) is 5.86. The molecule has 4 atom stereocenters. The first-order valence-corrected chi connectivity index (χ1v) is 11.2. The van der Waals surface area contributed by atoms with Crippen molar-refractivity contribution >= 4 is 11.9 Å².